The van der Waals surface area contributed by atoms with E-state index in [4.69, 9.17) is 4.74 Å². The van der Waals surface area contributed by atoms with Crippen molar-refractivity contribution in [2.24, 2.45) is 0 Å². The summed E-state index contributed by atoms with van der Waals surface area (Å²) in [4.78, 5) is 8.64. The van der Waals surface area contributed by atoms with Crippen LogP contribution in [0.5, 0.6) is 11.6 Å². The van der Waals surface area contributed by atoms with Crippen molar-refractivity contribution in [1.29, 1.82) is 0 Å². The Hall–Kier alpha value is -1.94. The van der Waals surface area contributed by atoms with E-state index in [1.165, 1.54) is 5.39 Å². The van der Waals surface area contributed by atoms with Crippen LogP contribution in [0.25, 0.3) is 10.8 Å². The molecule has 1 aromatic heterocycles. The predicted molar refractivity (Wildman–Crippen MR) is 85.8 cm³/mol. The normalized spacial score (nSPS) is 13.4. The number of aromatic nitrogens is 2. The Bertz CT molecular complexity index is 832. The standard InChI is InChI=1S/C17H13BrN2O/c18-16-12-5-2-1-4-11(12)8-9-15(16)21-17-13-6-3-7-14(13)19-10-20-17/h1-2,4-5,8-10H,3,6-7H2. The van der Waals surface area contributed by atoms with Crippen molar-refractivity contribution < 1.29 is 4.74 Å². The predicted octanol–water partition coefficient (Wildman–Crippen LogP) is 4.67. The lowest BCUT2D eigenvalue weighted by Crippen LogP contribution is -1.97. The molecular weight excluding hydrogens is 328 g/mol. The fourth-order valence-electron chi connectivity index (χ4n) is 2.81. The van der Waals surface area contributed by atoms with Crippen LogP contribution in [-0.2, 0) is 12.8 Å². The highest BCUT2D eigenvalue weighted by atomic mass is 79.9. The molecule has 0 fully saturated rings. The average molecular weight is 341 g/mol. The highest BCUT2D eigenvalue weighted by molar-refractivity contribution is 9.10. The quantitative estimate of drug-likeness (QED) is 0.679. The van der Waals surface area contributed by atoms with Crippen LogP contribution in [0.15, 0.2) is 47.2 Å². The molecule has 104 valence electrons. The van der Waals surface area contributed by atoms with Crippen LogP contribution in [0, 0.1) is 0 Å². The van der Waals surface area contributed by atoms with Gasteiger partial charge in [0.05, 0.1) is 10.2 Å². The Balaban J connectivity index is 1.78. The van der Waals surface area contributed by atoms with Crippen molar-refractivity contribution in [1.82, 2.24) is 9.97 Å². The minimum absolute atomic E-state index is 0.688. The van der Waals surface area contributed by atoms with Gasteiger partial charge in [0.2, 0.25) is 5.88 Å². The van der Waals surface area contributed by atoms with E-state index in [0.717, 1.165) is 46.1 Å². The third-order valence-electron chi connectivity index (χ3n) is 3.87. The Morgan fingerprint density at radius 3 is 2.86 bits per heavy atom. The summed E-state index contributed by atoms with van der Waals surface area (Å²) in [7, 11) is 0. The molecule has 1 aliphatic carbocycles. The third-order valence-corrected chi connectivity index (χ3v) is 4.69. The number of halogens is 1. The fourth-order valence-corrected chi connectivity index (χ4v) is 3.39. The molecule has 0 saturated heterocycles. The molecule has 21 heavy (non-hydrogen) atoms. The summed E-state index contributed by atoms with van der Waals surface area (Å²) in [6, 6.07) is 12.3. The molecule has 4 rings (SSSR count). The highest BCUT2D eigenvalue weighted by Gasteiger charge is 2.19. The number of hydrogen-bond acceptors (Lipinski definition) is 3. The van der Waals surface area contributed by atoms with Gasteiger partial charge in [-0.25, -0.2) is 9.97 Å². The number of aryl methyl sites for hydroxylation is 1. The first kappa shape index (κ1) is 12.8. The van der Waals surface area contributed by atoms with Crippen molar-refractivity contribution in [2.45, 2.75) is 19.3 Å². The lowest BCUT2D eigenvalue weighted by Gasteiger charge is -2.11. The van der Waals surface area contributed by atoms with Crippen LogP contribution >= 0.6 is 15.9 Å². The SMILES string of the molecule is Brc1c(Oc2ncnc3c2CCC3)ccc2ccccc12. The van der Waals surface area contributed by atoms with Gasteiger partial charge in [-0.05, 0) is 52.0 Å². The number of fused-ring (bicyclic) bond motifs is 2. The van der Waals surface area contributed by atoms with E-state index in [9.17, 15) is 0 Å². The first-order valence-electron chi connectivity index (χ1n) is 7.01. The molecule has 0 spiro atoms. The molecule has 1 aliphatic rings. The first-order valence-corrected chi connectivity index (χ1v) is 7.80. The van der Waals surface area contributed by atoms with Crippen LogP contribution in [0.2, 0.25) is 0 Å². The molecule has 3 aromatic rings. The van der Waals surface area contributed by atoms with Gasteiger partial charge in [0, 0.05) is 5.56 Å². The second-order valence-electron chi connectivity index (χ2n) is 5.16. The molecule has 1 heterocycles. The maximum absolute atomic E-state index is 6.06. The van der Waals surface area contributed by atoms with Crippen LogP contribution in [0.1, 0.15) is 17.7 Å². The maximum atomic E-state index is 6.06. The highest BCUT2D eigenvalue weighted by Crippen LogP contribution is 2.37. The van der Waals surface area contributed by atoms with E-state index < -0.39 is 0 Å². The van der Waals surface area contributed by atoms with Gasteiger partial charge >= 0.3 is 0 Å². The van der Waals surface area contributed by atoms with E-state index in [1.54, 1.807) is 6.33 Å². The summed E-state index contributed by atoms with van der Waals surface area (Å²) in [5.74, 6) is 1.48. The Morgan fingerprint density at radius 2 is 1.90 bits per heavy atom. The summed E-state index contributed by atoms with van der Waals surface area (Å²) in [5, 5.41) is 2.32. The van der Waals surface area contributed by atoms with Crippen LogP contribution in [-0.4, -0.2) is 9.97 Å². The van der Waals surface area contributed by atoms with Gasteiger partial charge in [0.1, 0.15) is 12.1 Å². The lowest BCUT2D eigenvalue weighted by molar-refractivity contribution is 0.453. The van der Waals surface area contributed by atoms with Crippen LogP contribution < -0.4 is 4.74 Å². The molecule has 0 unspecified atom stereocenters. The molecule has 0 amide bonds. The van der Waals surface area contributed by atoms with Crippen LogP contribution in [0.4, 0.5) is 0 Å². The minimum Gasteiger partial charge on any atom is -0.437 e. The molecule has 0 bridgehead atoms. The van der Waals surface area contributed by atoms with Crippen molar-refractivity contribution in [3.05, 3.63) is 58.5 Å². The van der Waals surface area contributed by atoms with E-state index in [0.29, 0.717) is 5.88 Å². The topological polar surface area (TPSA) is 35.0 Å². The van der Waals surface area contributed by atoms with Crippen molar-refractivity contribution >= 4 is 26.7 Å². The van der Waals surface area contributed by atoms with Gasteiger partial charge < -0.3 is 4.74 Å². The molecule has 0 N–H and O–H groups in total. The third kappa shape index (κ3) is 2.20. The fraction of sp³-hybridized carbons (Fsp3) is 0.176. The number of benzene rings is 2. The summed E-state index contributed by atoms with van der Waals surface area (Å²) in [6.07, 6.45) is 4.74. The molecule has 0 saturated carbocycles. The molecule has 0 aliphatic heterocycles. The Morgan fingerprint density at radius 1 is 1.00 bits per heavy atom. The Labute approximate surface area is 131 Å². The molecular formula is C17H13BrN2O. The number of nitrogens with zero attached hydrogens (tertiary/aromatic N) is 2. The summed E-state index contributed by atoms with van der Waals surface area (Å²) in [6.45, 7) is 0. The Kier molecular flexibility index (Phi) is 3.11. The van der Waals surface area contributed by atoms with Crippen molar-refractivity contribution in [3.8, 4) is 11.6 Å². The maximum Gasteiger partial charge on any atom is 0.225 e. The zero-order valence-electron chi connectivity index (χ0n) is 11.3. The van der Waals surface area contributed by atoms with Crippen LogP contribution in [0.3, 0.4) is 0 Å². The van der Waals surface area contributed by atoms with Gasteiger partial charge in [0.15, 0.2) is 0 Å². The summed E-state index contributed by atoms with van der Waals surface area (Å²) >= 11 is 3.65. The molecule has 0 atom stereocenters. The van der Waals surface area contributed by atoms with Crippen molar-refractivity contribution in [2.75, 3.05) is 0 Å². The number of ether oxygens (including phenoxy) is 1. The number of hydrogen-bond donors (Lipinski definition) is 0. The zero-order chi connectivity index (χ0) is 14.2. The van der Waals surface area contributed by atoms with Gasteiger partial charge in [0.25, 0.3) is 0 Å². The van der Waals surface area contributed by atoms with Gasteiger partial charge in [-0.2, -0.15) is 0 Å². The van der Waals surface area contributed by atoms with Gasteiger partial charge in [-0.3, -0.25) is 0 Å². The van der Waals surface area contributed by atoms with Crippen molar-refractivity contribution in [3.63, 3.8) is 0 Å². The molecule has 4 heteroatoms. The lowest BCUT2D eigenvalue weighted by atomic mass is 10.1. The largest absolute Gasteiger partial charge is 0.437 e. The van der Waals surface area contributed by atoms with E-state index in [2.05, 4.69) is 44.1 Å². The zero-order valence-corrected chi connectivity index (χ0v) is 12.9. The minimum atomic E-state index is 0.688. The number of rotatable bonds is 2. The molecule has 2 aromatic carbocycles. The van der Waals surface area contributed by atoms with E-state index in [1.807, 2.05) is 18.2 Å². The second kappa shape index (κ2) is 5.11. The molecule has 0 radical (unpaired) electrons. The van der Waals surface area contributed by atoms with Gasteiger partial charge in [-0.1, -0.05) is 30.3 Å². The monoisotopic (exact) mass is 340 g/mol. The smallest absolute Gasteiger partial charge is 0.225 e. The summed E-state index contributed by atoms with van der Waals surface area (Å²) < 4.78 is 7.03. The second-order valence-corrected chi connectivity index (χ2v) is 5.95. The van der Waals surface area contributed by atoms with E-state index in [-0.39, 0.29) is 0 Å². The summed E-state index contributed by atoms with van der Waals surface area (Å²) in [5.41, 5.74) is 2.27. The molecule has 3 nitrogen and oxygen atoms in total. The first-order chi connectivity index (χ1) is 10.3. The average Bonchev–Trinajstić information content (AvgIpc) is 3.00. The van der Waals surface area contributed by atoms with E-state index >= 15 is 0 Å². The van der Waals surface area contributed by atoms with Gasteiger partial charge in [-0.15, -0.1) is 0 Å².